The van der Waals surface area contributed by atoms with E-state index in [9.17, 15) is 27.2 Å². The molecule has 1 aromatic rings. The third-order valence-corrected chi connectivity index (χ3v) is 3.21. The van der Waals surface area contributed by atoms with Crippen LogP contribution in [0.25, 0.3) is 0 Å². The van der Waals surface area contributed by atoms with Gasteiger partial charge >= 0.3 is 6.18 Å². The van der Waals surface area contributed by atoms with Crippen molar-refractivity contribution in [3.05, 3.63) is 29.6 Å². The molecule has 0 aliphatic carbocycles. The molecular formula is C14H13F4NO3. The van der Waals surface area contributed by atoms with E-state index in [4.69, 9.17) is 4.74 Å². The van der Waals surface area contributed by atoms with E-state index < -0.39 is 36.3 Å². The normalized spacial score (nSPS) is 18.7. The van der Waals surface area contributed by atoms with Gasteiger partial charge in [-0.1, -0.05) is 0 Å². The first kappa shape index (κ1) is 16.3. The summed E-state index contributed by atoms with van der Waals surface area (Å²) < 4.78 is 55.5. The summed E-state index contributed by atoms with van der Waals surface area (Å²) in [7, 11) is 0. The molecule has 2 rings (SSSR count). The Morgan fingerprint density at radius 2 is 2.09 bits per heavy atom. The highest BCUT2D eigenvalue weighted by molar-refractivity contribution is 5.97. The average molecular weight is 319 g/mol. The number of halogens is 4. The van der Waals surface area contributed by atoms with Crippen molar-refractivity contribution in [2.75, 3.05) is 13.1 Å². The maximum atomic E-state index is 13.2. The van der Waals surface area contributed by atoms with Crippen molar-refractivity contribution in [1.29, 1.82) is 0 Å². The molecule has 0 N–H and O–H groups in total. The van der Waals surface area contributed by atoms with Crippen molar-refractivity contribution in [1.82, 2.24) is 4.90 Å². The Balaban J connectivity index is 2.14. The lowest BCUT2D eigenvalue weighted by atomic mass is 10.1. The van der Waals surface area contributed by atoms with Gasteiger partial charge in [-0.3, -0.25) is 9.59 Å². The molecule has 8 heteroatoms. The second-order valence-corrected chi connectivity index (χ2v) is 4.97. The smallest absolute Gasteiger partial charge is 0.406 e. The fourth-order valence-electron chi connectivity index (χ4n) is 2.23. The number of alkyl halides is 3. The van der Waals surface area contributed by atoms with E-state index in [0.717, 1.165) is 12.1 Å². The topological polar surface area (TPSA) is 46.6 Å². The number of carbonyl (C=O) groups is 2. The van der Waals surface area contributed by atoms with E-state index in [1.54, 1.807) is 0 Å². The van der Waals surface area contributed by atoms with Crippen LogP contribution in [0.1, 0.15) is 23.7 Å². The van der Waals surface area contributed by atoms with Crippen LogP contribution < -0.4 is 4.74 Å². The van der Waals surface area contributed by atoms with Gasteiger partial charge in [0.25, 0.3) is 5.91 Å². The van der Waals surface area contributed by atoms with E-state index in [2.05, 4.69) is 0 Å². The molecule has 1 unspecified atom stereocenters. The predicted octanol–water partition coefficient (Wildman–Crippen LogP) is 2.57. The number of nitrogens with zero attached hydrogens (tertiary/aromatic N) is 1. The Kier molecular flexibility index (Phi) is 4.39. The molecule has 1 aliphatic rings. The number of ether oxygens (including phenoxy) is 1. The van der Waals surface area contributed by atoms with Gasteiger partial charge in [-0.2, -0.15) is 13.2 Å². The van der Waals surface area contributed by atoms with E-state index in [1.165, 1.54) is 13.0 Å². The van der Waals surface area contributed by atoms with E-state index in [-0.39, 0.29) is 24.3 Å². The molecule has 1 amide bonds. The minimum absolute atomic E-state index is 0.0444. The van der Waals surface area contributed by atoms with Gasteiger partial charge < -0.3 is 9.64 Å². The number of Topliss-reactive ketones (excluding diaryl/α,β-unsaturated/α-hetero) is 1. The third-order valence-electron chi connectivity index (χ3n) is 3.21. The summed E-state index contributed by atoms with van der Waals surface area (Å²) in [5, 5.41) is 0. The van der Waals surface area contributed by atoms with Crippen LogP contribution in [-0.4, -0.2) is 42.0 Å². The lowest BCUT2D eigenvalue weighted by Crippen LogP contribution is -2.38. The van der Waals surface area contributed by atoms with Crippen LogP contribution in [0.15, 0.2) is 18.2 Å². The number of hydrogen-bond acceptors (Lipinski definition) is 3. The molecule has 22 heavy (non-hydrogen) atoms. The Labute approximate surface area is 123 Å². The first-order valence-corrected chi connectivity index (χ1v) is 6.50. The summed E-state index contributed by atoms with van der Waals surface area (Å²) in [6.45, 7) is -0.214. The van der Waals surface area contributed by atoms with E-state index in [1.807, 2.05) is 0 Å². The van der Waals surface area contributed by atoms with E-state index >= 15 is 0 Å². The molecule has 4 nitrogen and oxygen atoms in total. The summed E-state index contributed by atoms with van der Waals surface area (Å²) >= 11 is 0. The second-order valence-electron chi connectivity index (χ2n) is 4.97. The van der Waals surface area contributed by atoms with Crippen LogP contribution in [0.5, 0.6) is 5.75 Å². The Hall–Kier alpha value is -2.12. The van der Waals surface area contributed by atoms with Gasteiger partial charge in [0.15, 0.2) is 11.9 Å². The van der Waals surface area contributed by atoms with Crippen LogP contribution in [0.2, 0.25) is 0 Å². The largest absolute Gasteiger partial charge is 0.480 e. The van der Waals surface area contributed by atoms with Gasteiger partial charge in [-0.15, -0.1) is 0 Å². The molecule has 0 radical (unpaired) electrons. The molecule has 0 spiro atoms. The Morgan fingerprint density at radius 1 is 1.41 bits per heavy atom. The Bertz CT molecular complexity index is 600. The monoisotopic (exact) mass is 319 g/mol. The van der Waals surface area contributed by atoms with Crippen LogP contribution in [0.3, 0.4) is 0 Å². The average Bonchev–Trinajstić information content (AvgIpc) is 2.69. The van der Waals surface area contributed by atoms with Crippen LogP contribution in [0, 0.1) is 5.82 Å². The number of amides is 1. The van der Waals surface area contributed by atoms with Crippen molar-refractivity contribution in [3.8, 4) is 5.75 Å². The highest BCUT2D eigenvalue weighted by Crippen LogP contribution is 2.27. The maximum absolute atomic E-state index is 13.2. The number of rotatable bonds is 4. The second kappa shape index (κ2) is 5.94. The number of benzene rings is 1. The first-order valence-electron chi connectivity index (χ1n) is 6.50. The minimum Gasteiger partial charge on any atom is -0.480 e. The molecule has 1 aliphatic heterocycles. The standard InChI is InChI=1S/C14H13F4NO3/c1-8(20)10-3-2-9(15)6-12(10)22-11-4-5-19(13(11)21)7-14(16,17)18/h2-3,6,11H,4-5,7H2,1H3. The quantitative estimate of drug-likeness (QED) is 0.633. The molecule has 1 aromatic carbocycles. The summed E-state index contributed by atoms with van der Waals surface area (Å²) in [6, 6.07) is 3.21. The van der Waals surface area contributed by atoms with Gasteiger partial charge in [0, 0.05) is 19.0 Å². The molecule has 0 bridgehead atoms. The Morgan fingerprint density at radius 3 is 2.68 bits per heavy atom. The summed E-state index contributed by atoms with van der Waals surface area (Å²) in [6.07, 6.45) is -5.60. The minimum atomic E-state index is -4.49. The van der Waals surface area contributed by atoms with Crippen molar-refractivity contribution >= 4 is 11.7 Å². The van der Waals surface area contributed by atoms with E-state index in [0.29, 0.717) is 4.90 Å². The zero-order valence-corrected chi connectivity index (χ0v) is 11.6. The summed E-state index contributed by atoms with van der Waals surface area (Å²) in [5.74, 6) is -2.03. The SMILES string of the molecule is CC(=O)c1ccc(F)cc1OC1CCN(CC(F)(F)F)C1=O. The molecule has 1 fully saturated rings. The lowest BCUT2D eigenvalue weighted by Gasteiger charge is -2.19. The zero-order valence-electron chi connectivity index (χ0n) is 11.6. The summed E-state index contributed by atoms with van der Waals surface area (Å²) in [5.41, 5.74) is 0.0727. The van der Waals surface area contributed by atoms with Crippen LogP contribution in [0.4, 0.5) is 17.6 Å². The fraction of sp³-hybridized carbons (Fsp3) is 0.429. The van der Waals surface area contributed by atoms with Crippen molar-refractivity contribution in [2.24, 2.45) is 0 Å². The molecular weight excluding hydrogens is 306 g/mol. The fourth-order valence-corrected chi connectivity index (χ4v) is 2.23. The number of hydrogen-bond donors (Lipinski definition) is 0. The number of ketones is 1. The van der Waals surface area contributed by atoms with Crippen molar-refractivity contribution in [2.45, 2.75) is 25.6 Å². The molecule has 1 saturated heterocycles. The lowest BCUT2D eigenvalue weighted by molar-refractivity contribution is -0.159. The van der Waals surface area contributed by atoms with Gasteiger partial charge in [0.1, 0.15) is 18.1 Å². The van der Waals surface area contributed by atoms with Gasteiger partial charge in [-0.05, 0) is 19.1 Å². The zero-order chi connectivity index (χ0) is 16.5. The number of carbonyl (C=O) groups excluding carboxylic acids is 2. The van der Waals surface area contributed by atoms with Crippen LogP contribution >= 0.6 is 0 Å². The summed E-state index contributed by atoms with van der Waals surface area (Å²) in [4.78, 5) is 24.0. The maximum Gasteiger partial charge on any atom is 0.406 e. The number of likely N-dealkylation sites (tertiary alicyclic amines) is 1. The van der Waals surface area contributed by atoms with Crippen molar-refractivity contribution in [3.63, 3.8) is 0 Å². The van der Waals surface area contributed by atoms with Gasteiger partial charge in [0.05, 0.1) is 5.56 Å². The van der Waals surface area contributed by atoms with Crippen LogP contribution in [-0.2, 0) is 4.79 Å². The highest BCUT2D eigenvalue weighted by Gasteiger charge is 2.40. The molecule has 0 aromatic heterocycles. The first-order chi connectivity index (χ1) is 10.2. The highest BCUT2D eigenvalue weighted by atomic mass is 19.4. The van der Waals surface area contributed by atoms with Gasteiger partial charge in [0.2, 0.25) is 0 Å². The molecule has 0 saturated carbocycles. The van der Waals surface area contributed by atoms with Crippen molar-refractivity contribution < 1.29 is 31.9 Å². The van der Waals surface area contributed by atoms with Gasteiger partial charge in [-0.25, -0.2) is 4.39 Å². The molecule has 1 heterocycles. The predicted molar refractivity (Wildman–Crippen MR) is 68.1 cm³/mol. The third kappa shape index (κ3) is 3.75. The molecule has 1 atom stereocenters. The molecule has 120 valence electrons.